The van der Waals surface area contributed by atoms with Crippen LogP contribution in [0.2, 0.25) is 0 Å². The van der Waals surface area contributed by atoms with Crippen LogP contribution in [-0.4, -0.2) is 46.7 Å². The Hall–Kier alpha value is -2.43. The van der Waals surface area contributed by atoms with Crippen molar-refractivity contribution in [2.75, 3.05) is 13.1 Å². The van der Waals surface area contributed by atoms with Crippen molar-refractivity contribution in [1.29, 1.82) is 10.5 Å². The molecular formula is C10H11N5O4S. The molecule has 106 valence electrons. The number of hydrogen-bond donors (Lipinski definition) is 1. The minimum absolute atomic E-state index is 0.0291. The molecule has 0 saturated heterocycles. The lowest BCUT2D eigenvalue weighted by Gasteiger charge is -2.13. The van der Waals surface area contributed by atoms with E-state index in [0.29, 0.717) is 4.31 Å². The third kappa shape index (κ3) is 3.78. The van der Waals surface area contributed by atoms with E-state index in [-0.39, 0.29) is 17.9 Å². The Morgan fingerprint density at radius 3 is 2.50 bits per heavy atom. The van der Waals surface area contributed by atoms with Crippen LogP contribution in [-0.2, 0) is 21.4 Å². The first-order valence-electron chi connectivity index (χ1n) is 5.40. The van der Waals surface area contributed by atoms with Crippen molar-refractivity contribution >= 4 is 16.0 Å². The predicted molar refractivity (Wildman–Crippen MR) is 64.5 cm³/mol. The molecule has 0 aliphatic carbocycles. The molecule has 1 heterocycles. The van der Waals surface area contributed by atoms with Gasteiger partial charge in [-0.2, -0.15) is 19.9 Å². The zero-order valence-corrected chi connectivity index (χ0v) is 11.1. The Morgan fingerprint density at radius 2 is 2.00 bits per heavy atom. The molecule has 0 atom stereocenters. The van der Waals surface area contributed by atoms with Gasteiger partial charge in [-0.05, 0) is 0 Å². The number of nitrogens with zero attached hydrogens (tertiary/aromatic N) is 5. The first-order chi connectivity index (χ1) is 9.41. The van der Waals surface area contributed by atoms with Gasteiger partial charge >= 0.3 is 5.97 Å². The van der Waals surface area contributed by atoms with Gasteiger partial charge in [-0.25, -0.2) is 8.42 Å². The normalized spacial score (nSPS) is 10.9. The SMILES string of the molecule is N#CCN(CC#N)S(=O)(=O)c1cnn(CCC(=O)O)c1. The van der Waals surface area contributed by atoms with Crippen molar-refractivity contribution < 1.29 is 18.3 Å². The molecule has 0 aliphatic rings. The molecular weight excluding hydrogens is 286 g/mol. The van der Waals surface area contributed by atoms with Crippen LogP contribution in [0.3, 0.4) is 0 Å². The van der Waals surface area contributed by atoms with E-state index in [1.807, 2.05) is 0 Å². The van der Waals surface area contributed by atoms with Crippen molar-refractivity contribution in [3.63, 3.8) is 0 Å². The Morgan fingerprint density at radius 1 is 1.40 bits per heavy atom. The van der Waals surface area contributed by atoms with Gasteiger partial charge in [0, 0.05) is 6.20 Å². The number of nitriles is 2. The lowest BCUT2D eigenvalue weighted by Crippen LogP contribution is -2.31. The number of aliphatic carboxylic acids is 1. The Labute approximate surface area is 115 Å². The van der Waals surface area contributed by atoms with E-state index in [2.05, 4.69) is 5.10 Å². The Kier molecular flexibility index (Phi) is 5.20. The minimum atomic E-state index is -3.99. The van der Waals surface area contributed by atoms with E-state index < -0.39 is 29.1 Å². The monoisotopic (exact) mass is 297 g/mol. The largest absolute Gasteiger partial charge is 0.481 e. The van der Waals surface area contributed by atoms with Gasteiger partial charge in [-0.3, -0.25) is 9.48 Å². The summed E-state index contributed by atoms with van der Waals surface area (Å²) in [4.78, 5) is 10.2. The molecule has 9 nitrogen and oxygen atoms in total. The van der Waals surface area contributed by atoms with Crippen LogP contribution in [0.1, 0.15) is 6.42 Å². The summed E-state index contributed by atoms with van der Waals surface area (Å²) >= 11 is 0. The third-order valence-corrected chi connectivity index (χ3v) is 4.04. The van der Waals surface area contributed by atoms with Crippen molar-refractivity contribution in [2.24, 2.45) is 0 Å². The van der Waals surface area contributed by atoms with Crippen LogP contribution in [0.4, 0.5) is 0 Å². The summed E-state index contributed by atoms with van der Waals surface area (Å²) in [5.41, 5.74) is 0. The van der Waals surface area contributed by atoms with Gasteiger partial charge in [0.15, 0.2) is 0 Å². The summed E-state index contributed by atoms with van der Waals surface area (Å²) in [7, 11) is -3.99. The maximum Gasteiger partial charge on any atom is 0.305 e. The number of sulfonamides is 1. The van der Waals surface area contributed by atoms with Gasteiger partial charge < -0.3 is 5.11 Å². The quantitative estimate of drug-likeness (QED) is 0.662. The minimum Gasteiger partial charge on any atom is -0.481 e. The van der Waals surface area contributed by atoms with E-state index in [1.165, 1.54) is 10.9 Å². The topological polar surface area (TPSA) is 140 Å². The molecule has 0 aliphatic heterocycles. The first-order valence-corrected chi connectivity index (χ1v) is 6.84. The molecule has 0 radical (unpaired) electrons. The first kappa shape index (κ1) is 15.6. The molecule has 0 amide bonds. The highest BCUT2D eigenvalue weighted by atomic mass is 32.2. The Bertz CT molecular complexity index is 651. The average Bonchev–Trinajstić information content (AvgIpc) is 2.85. The lowest BCUT2D eigenvalue weighted by atomic mass is 10.4. The van der Waals surface area contributed by atoms with Gasteiger partial charge in [-0.1, -0.05) is 0 Å². The summed E-state index contributed by atoms with van der Waals surface area (Å²) in [6, 6.07) is 3.33. The van der Waals surface area contributed by atoms with Crippen molar-refractivity contribution in [1.82, 2.24) is 14.1 Å². The number of carboxylic acid groups (broad SMARTS) is 1. The molecule has 0 fully saturated rings. The Balaban J connectivity index is 2.95. The second kappa shape index (κ2) is 6.65. The van der Waals surface area contributed by atoms with E-state index >= 15 is 0 Å². The molecule has 0 bridgehead atoms. The number of carbonyl (C=O) groups is 1. The van der Waals surface area contributed by atoms with Crippen molar-refractivity contribution in [3.05, 3.63) is 12.4 Å². The number of hydrogen-bond acceptors (Lipinski definition) is 6. The van der Waals surface area contributed by atoms with Gasteiger partial charge in [0.05, 0.1) is 31.3 Å². The van der Waals surface area contributed by atoms with Crippen LogP contribution in [0.25, 0.3) is 0 Å². The summed E-state index contributed by atoms with van der Waals surface area (Å²) in [5, 5.41) is 29.4. The van der Waals surface area contributed by atoms with E-state index in [0.717, 1.165) is 6.20 Å². The molecule has 0 unspecified atom stereocenters. The number of carboxylic acids is 1. The second-order valence-corrected chi connectivity index (χ2v) is 5.61. The second-order valence-electron chi connectivity index (χ2n) is 3.67. The summed E-state index contributed by atoms with van der Waals surface area (Å²) < 4.78 is 26.1. The summed E-state index contributed by atoms with van der Waals surface area (Å²) in [6.45, 7) is -0.867. The van der Waals surface area contributed by atoms with Crippen molar-refractivity contribution in [3.8, 4) is 12.1 Å². The molecule has 1 rings (SSSR count). The number of rotatable bonds is 7. The average molecular weight is 297 g/mol. The maximum absolute atomic E-state index is 12.1. The molecule has 10 heteroatoms. The smallest absolute Gasteiger partial charge is 0.305 e. The lowest BCUT2D eigenvalue weighted by molar-refractivity contribution is -0.137. The maximum atomic E-state index is 12.1. The van der Waals surface area contributed by atoms with Crippen LogP contribution in [0, 0.1) is 22.7 Å². The van der Waals surface area contributed by atoms with E-state index in [1.54, 1.807) is 12.1 Å². The summed E-state index contributed by atoms with van der Waals surface area (Å²) in [5.74, 6) is -1.03. The molecule has 20 heavy (non-hydrogen) atoms. The van der Waals surface area contributed by atoms with Gasteiger partial charge in [0.2, 0.25) is 10.0 Å². The van der Waals surface area contributed by atoms with Crippen LogP contribution < -0.4 is 0 Å². The third-order valence-electron chi connectivity index (χ3n) is 2.30. The number of aryl methyl sites for hydroxylation is 1. The molecule has 0 saturated carbocycles. The fraction of sp³-hybridized carbons (Fsp3) is 0.400. The fourth-order valence-corrected chi connectivity index (χ4v) is 2.53. The van der Waals surface area contributed by atoms with E-state index in [9.17, 15) is 13.2 Å². The van der Waals surface area contributed by atoms with E-state index in [4.69, 9.17) is 15.6 Å². The fourth-order valence-electron chi connectivity index (χ4n) is 1.34. The molecule has 0 aromatic carbocycles. The highest BCUT2D eigenvalue weighted by molar-refractivity contribution is 7.89. The zero-order chi connectivity index (χ0) is 15.2. The van der Waals surface area contributed by atoms with Gasteiger partial charge in [-0.15, -0.1) is 0 Å². The molecule has 1 aromatic heterocycles. The van der Waals surface area contributed by atoms with Crippen LogP contribution in [0.5, 0.6) is 0 Å². The van der Waals surface area contributed by atoms with Gasteiger partial charge in [0.1, 0.15) is 18.0 Å². The van der Waals surface area contributed by atoms with Gasteiger partial charge in [0.25, 0.3) is 0 Å². The highest BCUT2D eigenvalue weighted by Gasteiger charge is 2.25. The summed E-state index contributed by atoms with van der Waals surface area (Å²) in [6.07, 6.45) is 2.03. The van der Waals surface area contributed by atoms with Crippen LogP contribution >= 0.6 is 0 Å². The molecule has 1 N–H and O–H groups in total. The molecule has 1 aromatic rings. The predicted octanol–water partition coefficient (Wildman–Crippen LogP) is -0.604. The number of aromatic nitrogens is 2. The zero-order valence-electron chi connectivity index (χ0n) is 10.3. The van der Waals surface area contributed by atoms with Crippen molar-refractivity contribution in [2.45, 2.75) is 17.9 Å². The standard InChI is InChI=1S/C10H11N5O4S/c11-2-5-15(6-3-12)20(18,19)9-7-13-14(8-9)4-1-10(16)17/h7-8H,1,4-6H2,(H,16,17). The molecule has 0 spiro atoms. The highest BCUT2D eigenvalue weighted by Crippen LogP contribution is 2.14. The van der Waals surface area contributed by atoms with Crippen LogP contribution in [0.15, 0.2) is 17.3 Å².